The van der Waals surface area contributed by atoms with Crippen LogP contribution in [-0.2, 0) is 4.74 Å². The highest BCUT2D eigenvalue weighted by atomic mass is 16.5. The molecule has 3 heteroatoms. The minimum atomic E-state index is 0.607. The third kappa shape index (κ3) is 3.63. The number of benzene rings is 1. The molecule has 0 heterocycles. The van der Waals surface area contributed by atoms with Crippen LogP contribution >= 0.6 is 0 Å². The monoisotopic (exact) mass is 261 g/mol. The third-order valence-electron chi connectivity index (χ3n) is 4.00. The maximum Gasteiger partial charge on any atom is 0.119 e. The normalized spacial score (nSPS) is 18.6. The molecule has 2 saturated carbocycles. The molecule has 0 unspecified atom stereocenters. The lowest BCUT2D eigenvalue weighted by molar-refractivity contribution is 0.146. The molecule has 1 N–H and O–H groups in total. The summed E-state index contributed by atoms with van der Waals surface area (Å²) in [6.07, 6.45) is 5.64. The van der Waals surface area contributed by atoms with Gasteiger partial charge in [0, 0.05) is 18.8 Å². The first-order valence-corrected chi connectivity index (χ1v) is 7.35. The van der Waals surface area contributed by atoms with Gasteiger partial charge in [-0.3, -0.25) is 0 Å². The van der Waals surface area contributed by atoms with Crippen molar-refractivity contribution in [3.63, 3.8) is 0 Å². The molecule has 0 radical (unpaired) electrons. The second kappa shape index (κ2) is 5.83. The van der Waals surface area contributed by atoms with Gasteiger partial charge in [0.15, 0.2) is 0 Å². The first-order valence-electron chi connectivity index (χ1n) is 7.35. The molecular weight excluding hydrogens is 238 g/mol. The zero-order valence-corrected chi connectivity index (χ0v) is 11.6. The smallest absolute Gasteiger partial charge is 0.119 e. The van der Waals surface area contributed by atoms with E-state index in [0.717, 1.165) is 17.6 Å². The van der Waals surface area contributed by atoms with Gasteiger partial charge < -0.3 is 14.8 Å². The number of nitrogens with one attached hydrogen (secondary N) is 1. The summed E-state index contributed by atoms with van der Waals surface area (Å²) in [5.41, 5.74) is 1.22. The average Bonchev–Trinajstić information content (AvgIpc) is 3.30. The fourth-order valence-electron chi connectivity index (χ4n) is 2.61. The molecule has 2 aliphatic rings. The van der Waals surface area contributed by atoms with Crippen molar-refractivity contribution in [2.24, 2.45) is 11.8 Å². The largest absolute Gasteiger partial charge is 0.491 e. The van der Waals surface area contributed by atoms with E-state index in [0.29, 0.717) is 19.3 Å². The molecule has 3 nitrogen and oxygen atoms in total. The summed E-state index contributed by atoms with van der Waals surface area (Å²) >= 11 is 0. The van der Waals surface area contributed by atoms with E-state index in [2.05, 4.69) is 17.4 Å². The van der Waals surface area contributed by atoms with Crippen LogP contribution in [0.1, 0.15) is 25.7 Å². The maximum absolute atomic E-state index is 5.57. The summed E-state index contributed by atoms with van der Waals surface area (Å²) in [6, 6.07) is 9.03. The number of hydrogen-bond acceptors (Lipinski definition) is 3. The Hall–Kier alpha value is -1.22. The summed E-state index contributed by atoms with van der Waals surface area (Å²) in [5, 5.41) is 3.72. The summed E-state index contributed by atoms with van der Waals surface area (Å²) < 4.78 is 10.5. The molecule has 0 bridgehead atoms. The molecule has 0 spiro atoms. The van der Waals surface area contributed by atoms with Crippen LogP contribution in [0.2, 0.25) is 0 Å². The van der Waals surface area contributed by atoms with Crippen LogP contribution in [0.3, 0.4) is 0 Å². The molecule has 1 aromatic rings. The van der Waals surface area contributed by atoms with Gasteiger partial charge in [-0.25, -0.2) is 0 Å². The Morgan fingerprint density at radius 1 is 1.05 bits per heavy atom. The van der Waals surface area contributed by atoms with E-state index in [1.807, 2.05) is 12.1 Å². The van der Waals surface area contributed by atoms with Crippen LogP contribution in [0, 0.1) is 11.8 Å². The highest BCUT2D eigenvalue weighted by Gasteiger charge is 2.41. The van der Waals surface area contributed by atoms with Crippen molar-refractivity contribution in [1.82, 2.24) is 0 Å². The van der Waals surface area contributed by atoms with Gasteiger partial charge in [0.25, 0.3) is 0 Å². The van der Waals surface area contributed by atoms with Gasteiger partial charge in [-0.15, -0.1) is 0 Å². The summed E-state index contributed by atoms with van der Waals surface area (Å²) in [5.74, 6) is 2.76. The van der Waals surface area contributed by atoms with E-state index in [1.54, 1.807) is 7.11 Å². The third-order valence-corrected chi connectivity index (χ3v) is 4.00. The lowest BCUT2D eigenvalue weighted by atomic mass is 10.1. The standard InChI is InChI=1S/C16H23NO2/c1-18-10-11-19-15-8-6-14(7-9-15)17-16(12-2-3-12)13-4-5-13/h6-9,12-13,16-17H,2-5,10-11H2,1H3. The Kier molecular flexibility index (Phi) is 3.92. The van der Waals surface area contributed by atoms with E-state index in [4.69, 9.17) is 9.47 Å². The molecule has 2 fully saturated rings. The van der Waals surface area contributed by atoms with E-state index >= 15 is 0 Å². The second-order valence-corrected chi connectivity index (χ2v) is 5.71. The molecular formula is C16H23NO2. The Morgan fingerprint density at radius 3 is 2.21 bits per heavy atom. The van der Waals surface area contributed by atoms with E-state index in [9.17, 15) is 0 Å². The van der Waals surface area contributed by atoms with Crippen molar-refractivity contribution in [2.45, 2.75) is 31.7 Å². The first kappa shape index (κ1) is 12.8. The molecule has 0 atom stereocenters. The van der Waals surface area contributed by atoms with Crippen molar-refractivity contribution < 1.29 is 9.47 Å². The number of rotatable bonds is 8. The SMILES string of the molecule is COCCOc1ccc(NC(C2CC2)C2CC2)cc1. The molecule has 0 aromatic heterocycles. The highest BCUT2D eigenvalue weighted by Crippen LogP contribution is 2.45. The predicted molar refractivity (Wildman–Crippen MR) is 76.7 cm³/mol. The van der Waals surface area contributed by atoms with Gasteiger partial charge in [0.1, 0.15) is 12.4 Å². The Bertz CT molecular complexity index is 384. The minimum Gasteiger partial charge on any atom is -0.491 e. The van der Waals surface area contributed by atoms with E-state index < -0.39 is 0 Å². The Morgan fingerprint density at radius 2 is 1.68 bits per heavy atom. The van der Waals surface area contributed by atoms with Gasteiger partial charge in [0.05, 0.1) is 6.61 Å². The second-order valence-electron chi connectivity index (χ2n) is 5.71. The molecule has 1 aromatic carbocycles. The van der Waals surface area contributed by atoms with Gasteiger partial charge >= 0.3 is 0 Å². The molecule has 0 aliphatic heterocycles. The topological polar surface area (TPSA) is 30.5 Å². The van der Waals surface area contributed by atoms with Crippen molar-refractivity contribution in [2.75, 3.05) is 25.6 Å². The van der Waals surface area contributed by atoms with Crippen LogP contribution in [0.5, 0.6) is 5.75 Å². The van der Waals surface area contributed by atoms with Gasteiger partial charge in [-0.2, -0.15) is 0 Å². The molecule has 0 saturated heterocycles. The van der Waals surface area contributed by atoms with Crippen LogP contribution in [0.15, 0.2) is 24.3 Å². The van der Waals surface area contributed by atoms with Crippen LogP contribution in [-0.4, -0.2) is 26.4 Å². The van der Waals surface area contributed by atoms with Crippen molar-refractivity contribution >= 4 is 5.69 Å². The van der Waals surface area contributed by atoms with Crippen LogP contribution in [0.25, 0.3) is 0 Å². The predicted octanol–water partition coefficient (Wildman–Crippen LogP) is 3.31. The summed E-state index contributed by atoms with van der Waals surface area (Å²) in [7, 11) is 1.69. The van der Waals surface area contributed by atoms with Crippen LogP contribution in [0.4, 0.5) is 5.69 Å². The van der Waals surface area contributed by atoms with Gasteiger partial charge in [-0.1, -0.05) is 0 Å². The Labute approximate surface area is 115 Å². The zero-order chi connectivity index (χ0) is 13.1. The maximum atomic E-state index is 5.57. The van der Waals surface area contributed by atoms with Crippen molar-refractivity contribution in [1.29, 1.82) is 0 Å². The van der Waals surface area contributed by atoms with Gasteiger partial charge in [0.2, 0.25) is 0 Å². The molecule has 2 aliphatic carbocycles. The number of anilines is 1. The van der Waals surface area contributed by atoms with Crippen molar-refractivity contribution in [3.05, 3.63) is 24.3 Å². The van der Waals surface area contributed by atoms with E-state index in [1.165, 1.54) is 31.4 Å². The quantitative estimate of drug-likeness (QED) is 0.728. The lowest BCUT2D eigenvalue weighted by Gasteiger charge is -2.19. The average molecular weight is 261 g/mol. The molecule has 3 rings (SSSR count). The summed E-state index contributed by atoms with van der Waals surface area (Å²) in [4.78, 5) is 0. The van der Waals surface area contributed by atoms with Crippen molar-refractivity contribution in [3.8, 4) is 5.75 Å². The van der Waals surface area contributed by atoms with Gasteiger partial charge in [-0.05, 0) is 61.8 Å². The number of hydrogen-bond donors (Lipinski definition) is 1. The van der Waals surface area contributed by atoms with Crippen LogP contribution < -0.4 is 10.1 Å². The molecule has 0 amide bonds. The first-order chi connectivity index (χ1) is 9.36. The fraction of sp³-hybridized carbons (Fsp3) is 0.625. The van der Waals surface area contributed by atoms with E-state index in [-0.39, 0.29) is 0 Å². The number of ether oxygens (including phenoxy) is 2. The fourth-order valence-corrected chi connectivity index (χ4v) is 2.61. The molecule has 19 heavy (non-hydrogen) atoms. The summed E-state index contributed by atoms with van der Waals surface area (Å²) in [6.45, 7) is 1.24. The number of methoxy groups -OCH3 is 1. The minimum absolute atomic E-state index is 0.607. The Balaban J connectivity index is 1.52. The zero-order valence-electron chi connectivity index (χ0n) is 11.6. The molecule has 104 valence electrons. The lowest BCUT2D eigenvalue weighted by Crippen LogP contribution is -2.24. The highest BCUT2D eigenvalue weighted by molar-refractivity contribution is 5.47.